The highest BCUT2D eigenvalue weighted by molar-refractivity contribution is 7.88. The number of nitrogens with zero attached hydrogens (tertiary/aromatic N) is 1. The van der Waals surface area contributed by atoms with Gasteiger partial charge in [-0.1, -0.05) is 30.3 Å². The third-order valence-electron chi connectivity index (χ3n) is 2.55. The van der Waals surface area contributed by atoms with Crippen molar-refractivity contribution in [3.8, 4) is 0 Å². The van der Waals surface area contributed by atoms with Gasteiger partial charge in [-0.3, -0.25) is 4.99 Å². The van der Waals surface area contributed by atoms with Crippen LogP contribution in [0, 0.1) is 0 Å². The summed E-state index contributed by atoms with van der Waals surface area (Å²) in [5.41, 5.74) is 1.26. The van der Waals surface area contributed by atoms with Gasteiger partial charge in [0.2, 0.25) is 10.0 Å². The molecule has 112 valence electrons. The number of nitrogens with one attached hydrogen (secondary N) is 3. The molecule has 1 aromatic carbocycles. The van der Waals surface area contributed by atoms with E-state index in [0.29, 0.717) is 19.0 Å². The van der Waals surface area contributed by atoms with E-state index in [1.807, 2.05) is 18.2 Å². The fourth-order valence-electron chi connectivity index (χ4n) is 1.61. The van der Waals surface area contributed by atoms with E-state index in [9.17, 15) is 8.42 Å². The van der Waals surface area contributed by atoms with Crippen molar-refractivity contribution < 1.29 is 8.42 Å². The molecule has 0 aliphatic rings. The van der Waals surface area contributed by atoms with Crippen molar-refractivity contribution in [2.24, 2.45) is 4.99 Å². The van der Waals surface area contributed by atoms with Crippen LogP contribution in [-0.4, -0.2) is 47.3 Å². The number of sulfonamides is 1. The largest absolute Gasteiger partial charge is 0.356 e. The van der Waals surface area contributed by atoms with E-state index in [1.165, 1.54) is 5.56 Å². The Morgan fingerprint density at radius 3 is 2.35 bits per heavy atom. The molecule has 0 aliphatic heterocycles. The lowest BCUT2D eigenvalue weighted by Gasteiger charge is -2.11. The first-order chi connectivity index (χ1) is 9.51. The molecule has 0 aliphatic carbocycles. The zero-order valence-corrected chi connectivity index (χ0v) is 12.7. The van der Waals surface area contributed by atoms with Crippen LogP contribution in [0.3, 0.4) is 0 Å². The van der Waals surface area contributed by atoms with Crippen LogP contribution in [-0.2, 0) is 16.4 Å². The lowest BCUT2D eigenvalue weighted by molar-refractivity contribution is 0.586. The molecular weight excluding hydrogens is 276 g/mol. The van der Waals surface area contributed by atoms with Crippen molar-refractivity contribution in [3.63, 3.8) is 0 Å². The first-order valence-corrected chi connectivity index (χ1v) is 8.33. The summed E-state index contributed by atoms with van der Waals surface area (Å²) in [7, 11) is -1.45. The van der Waals surface area contributed by atoms with Crippen LogP contribution in [0.15, 0.2) is 35.3 Å². The van der Waals surface area contributed by atoms with Gasteiger partial charge in [0.05, 0.1) is 6.26 Å². The lowest BCUT2D eigenvalue weighted by Crippen LogP contribution is -2.42. The van der Waals surface area contributed by atoms with Crippen molar-refractivity contribution in [1.29, 1.82) is 0 Å². The zero-order chi connectivity index (χ0) is 14.8. The summed E-state index contributed by atoms with van der Waals surface area (Å²) in [4.78, 5) is 4.07. The van der Waals surface area contributed by atoms with E-state index in [2.05, 4.69) is 32.5 Å². The van der Waals surface area contributed by atoms with Crippen LogP contribution in [0.5, 0.6) is 0 Å². The average molecular weight is 298 g/mol. The number of hydrogen-bond donors (Lipinski definition) is 3. The fourth-order valence-corrected chi connectivity index (χ4v) is 2.08. The minimum Gasteiger partial charge on any atom is -0.356 e. The molecule has 20 heavy (non-hydrogen) atoms. The van der Waals surface area contributed by atoms with E-state index in [-0.39, 0.29) is 0 Å². The highest BCUT2D eigenvalue weighted by Crippen LogP contribution is 1.97. The molecule has 1 aromatic rings. The predicted molar refractivity (Wildman–Crippen MR) is 82.4 cm³/mol. The summed E-state index contributed by atoms with van der Waals surface area (Å²) >= 11 is 0. The predicted octanol–water partition coefficient (Wildman–Crippen LogP) is -0.0567. The van der Waals surface area contributed by atoms with E-state index >= 15 is 0 Å². The van der Waals surface area contributed by atoms with E-state index in [1.54, 1.807) is 7.05 Å². The van der Waals surface area contributed by atoms with Gasteiger partial charge in [0.15, 0.2) is 5.96 Å². The molecule has 0 saturated carbocycles. The van der Waals surface area contributed by atoms with Crippen LogP contribution in [0.1, 0.15) is 5.56 Å². The highest BCUT2D eigenvalue weighted by Gasteiger charge is 2.00. The maximum Gasteiger partial charge on any atom is 0.208 e. The molecule has 0 bridgehead atoms. The third-order valence-corrected chi connectivity index (χ3v) is 3.28. The second-order valence-electron chi connectivity index (χ2n) is 4.33. The highest BCUT2D eigenvalue weighted by atomic mass is 32.2. The minimum atomic E-state index is -3.13. The normalized spacial score (nSPS) is 12.2. The Morgan fingerprint density at radius 1 is 1.10 bits per heavy atom. The van der Waals surface area contributed by atoms with Gasteiger partial charge in [-0.15, -0.1) is 0 Å². The van der Waals surface area contributed by atoms with Gasteiger partial charge >= 0.3 is 0 Å². The van der Waals surface area contributed by atoms with Crippen LogP contribution in [0.4, 0.5) is 0 Å². The summed E-state index contributed by atoms with van der Waals surface area (Å²) in [6.45, 7) is 1.58. The monoisotopic (exact) mass is 298 g/mol. The molecule has 0 amide bonds. The molecule has 3 N–H and O–H groups in total. The molecule has 0 heterocycles. The Morgan fingerprint density at radius 2 is 1.75 bits per heavy atom. The van der Waals surface area contributed by atoms with Gasteiger partial charge < -0.3 is 10.6 Å². The smallest absolute Gasteiger partial charge is 0.208 e. The maximum absolute atomic E-state index is 10.9. The van der Waals surface area contributed by atoms with Gasteiger partial charge in [0.25, 0.3) is 0 Å². The Labute approximate surface area is 120 Å². The van der Waals surface area contributed by atoms with Crippen LogP contribution >= 0.6 is 0 Å². The first-order valence-electron chi connectivity index (χ1n) is 6.44. The van der Waals surface area contributed by atoms with E-state index < -0.39 is 10.0 Å². The summed E-state index contributed by atoms with van der Waals surface area (Å²) in [6, 6.07) is 10.2. The first kappa shape index (κ1) is 16.5. The van der Waals surface area contributed by atoms with Crippen molar-refractivity contribution in [1.82, 2.24) is 15.4 Å². The third kappa shape index (κ3) is 7.75. The number of benzene rings is 1. The van der Waals surface area contributed by atoms with Gasteiger partial charge in [-0.05, 0) is 12.0 Å². The molecule has 0 unspecified atom stereocenters. The maximum atomic E-state index is 10.9. The number of aliphatic imine (C=N–C) groups is 1. The van der Waals surface area contributed by atoms with E-state index in [4.69, 9.17) is 0 Å². The fraction of sp³-hybridized carbons (Fsp3) is 0.462. The number of rotatable bonds is 7. The molecule has 0 fully saturated rings. The summed E-state index contributed by atoms with van der Waals surface area (Å²) in [5, 5.41) is 6.22. The van der Waals surface area contributed by atoms with Crippen molar-refractivity contribution in [2.45, 2.75) is 6.42 Å². The summed E-state index contributed by atoms with van der Waals surface area (Å²) in [5.74, 6) is 0.663. The Kier molecular flexibility index (Phi) is 7.03. The molecule has 0 spiro atoms. The van der Waals surface area contributed by atoms with Crippen LogP contribution in [0.2, 0.25) is 0 Å². The SMILES string of the molecule is CN=C(NCCNS(C)(=O)=O)NCCc1ccccc1. The van der Waals surface area contributed by atoms with Crippen molar-refractivity contribution in [3.05, 3.63) is 35.9 Å². The molecule has 7 heteroatoms. The standard InChI is InChI=1S/C13H22N4O2S/c1-14-13(16-10-11-17-20(2,18)19)15-9-8-12-6-4-3-5-7-12/h3-7,17H,8-11H2,1-2H3,(H2,14,15,16). The second kappa shape index (κ2) is 8.55. The number of guanidine groups is 1. The van der Waals surface area contributed by atoms with Crippen molar-refractivity contribution in [2.75, 3.05) is 32.9 Å². The molecule has 0 radical (unpaired) electrons. The molecule has 0 aromatic heterocycles. The molecule has 6 nitrogen and oxygen atoms in total. The van der Waals surface area contributed by atoms with Gasteiger partial charge in [0.1, 0.15) is 0 Å². The quantitative estimate of drug-likeness (QED) is 0.374. The average Bonchev–Trinajstić information content (AvgIpc) is 2.41. The van der Waals surface area contributed by atoms with Crippen LogP contribution < -0.4 is 15.4 Å². The Bertz CT molecular complexity index is 514. The minimum absolute atomic E-state index is 0.332. The van der Waals surface area contributed by atoms with Gasteiger partial charge in [0, 0.05) is 26.7 Å². The molecule has 0 saturated heterocycles. The summed E-state index contributed by atoms with van der Waals surface area (Å²) in [6.07, 6.45) is 2.04. The zero-order valence-electron chi connectivity index (χ0n) is 11.9. The van der Waals surface area contributed by atoms with E-state index in [0.717, 1.165) is 19.2 Å². The topological polar surface area (TPSA) is 82.6 Å². The Hall–Kier alpha value is -1.60. The molecular formula is C13H22N4O2S. The molecule has 0 atom stereocenters. The summed E-state index contributed by atoms with van der Waals surface area (Å²) < 4.78 is 24.2. The van der Waals surface area contributed by atoms with Crippen molar-refractivity contribution >= 4 is 16.0 Å². The van der Waals surface area contributed by atoms with Crippen LogP contribution in [0.25, 0.3) is 0 Å². The lowest BCUT2D eigenvalue weighted by atomic mass is 10.1. The van der Waals surface area contributed by atoms with Gasteiger partial charge in [-0.25, -0.2) is 13.1 Å². The molecule has 1 rings (SSSR count). The number of hydrogen-bond acceptors (Lipinski definition) is 3. The van der Waals surface area contributed by atoms with Gasteiger partial charge in [-0.2, -0.15) is 0 Å². The Balaban J connectivity index is 2.20. The second-order valence-corrected chi connectivity index (χ2v) is 6.16.